The van der Waals surface area contributed by atoms with Crippen LogP contribution in [0.1, 0.15) is 31.3 Å². The van der Waals surface area contributed by atoms with Gasteiger partial charge in [-0.2, -0.15) is 0 Å². The first-order valence-electron chi connectivity index (χ1n) is 6.70. The van der Waals surface area contributed by atoms with E-state index in [1.807, 2.05) is 25.1 Å². The first-order chi connectivity index (χ1) is 9.58. The number of rotatable bonds is 5. The maximum Gasteiger partial charge on any atom is 0.132 e. The lowest BCUT2D eigenvalue weighted by molar-refractivity contribution is 0.866. The normalized spacial score (nSPS) is 12.0. The van der Waals surface area contributed by atoms with Crippen LogP contribution < -0.4 is 10.6 Å². The summed E-state index contributed by atoms with van der Waals surface area (Å²) in [4.78, 5) is 8.78. The Morgan fingerprint density at radius 2 is 1.95 bits per heavy atom. The fraction of sp³-hybridized carbons (Fsp3) is 0.333. The zero-order valence-corrected chi connectivity index (χ0v) is 13.5. The first kappa shape index (κ1) is 14.8. The van der Waals surface area contributed by atoms with Gasteiger partial charge in [-0.3, -0.25) is 0 Å². The van der Waals surface area contributed by atoms with E-state index >= 15 is 0 Å². The van der Waals surface area contributed by atoms with Gasteiger partial charge in [0.25, 0.3) is 0 Å². The molecule has 0 aliphatic carbocycles. The Morgan fingerprint density at radius 3 is 2.65 bits per heavy atom. The van der Waals surface area contributed by atoms with Crippen molar-refractivity contribution in [2.45, 2.75) is 26.8 Å². The quantitative estimate of drug-likeness (QED) is 0.862. The number of halogens is 1. The highest BCUT2D eigenvalue weighted by Crippen LogP contribution is 2.22. The molecule has 1 heterocycles. The van der Waals surface area contributed by atoms with Crippen molar-refractivity contribution in [2.24, 2.45) is 0 Å². The van der Waals surface area contributed by atoms with E-state index in [1.165, 1.54) is 5.56 Å². The van der Waals surface area contributed by atoms with Gasteiger partial charge in [0.15, 0.2) is 0 Å². The number of hydrogen-bond acceptors (Lipinski definition) is 4. The molecule has 0 fully saturated rings. The molecular formula is C15H19BrN4. The molecule has 0 aliphatic heterocycles. The van der Waals surface area contributed by atoms with Crippen LogP contribution in [0.15, 0.2) is 34.8 Å². The third kappa shape index (κ3) is 3.93. The predicted octanol–water partition coefficient (Wildman–Crippen LogP) is 4.15. The third-order valence-corrected chi connectivity index (χ3v) is 3.40. The van der Waals surface area contributed by atoms with E-state index in [0.717, 1.165) is 28.5 Å². The lowest BCUT2D eigenvalue weighted by atomic mass is 10.1. The lowest BCUT2D eigenvalue weighted by Gasteiger charge is -2.16. The summed E-state index contributed by atoms with van der Waals surface area (Å²) in [6.45, 7) is 6.91. The average molecular weight is 335 g/mol. The zero-order chi connectivity index (χ0) is 14.5. The first-order valence-corrected chi connectivity index (χ1v) is 7.49. The molecule has 2 N–H and O–H groups in total. The van der Waals surface area contributed by atoms with Gasteiger partial charge in [-0.25, -0.2) is 9.97 Å². The number of nitrogens with zero attached hydrogens (tertiary/aromatic N) is 2. The van der Waals surface area contributed by atoms with E-state index in [-0.39, 0.29) is 6.04 Å². The van der Waals surface area contributed by atoms with E-state index in [4.69, 9.17) is 0 Å². The summed E-state index contributed by atoms with van der Waals surface area (Å²) in [6, 6.07) is 10.4. The molecular weight excluding hydrogens is 316 g/mol. The van der Waals surface area contributed by atoms with Crippen molar-refractivity contribution in [3.05, 3.63) is 46.2 Å². The Kier molecular flexibility index (Phi) is 4.95. The molecule has 1 aromatic carbocycles. The van der Waals surface area contributed by atoms with Crippen molar-refractivity contribution >= 4 is 27.6 Å². The monoisotopic (exact) mass is 334 g/mol. The lowest BCUT2D eigenvalue weighted by Crippen LogP contribution is -2.10. The topological polar surface area (TPSA) is 49.8 Å². The van der Waals surface area contributed by atoms with Gasteiger partial charge in [-0.05, 0) is 38.5 Å². The highest BCUT2D eigenvalue weighted by atomic mass is 79.9. The van der Waals surface area contributed by atoms with Crippen LogP contribution in [0.4, 0.5) is 11.6 Å². The second-order valence-electron chi connectivity index (χ2n) is 4.64. The van der Waals surface area contributed by atoms with Crippen LogP contribution in [-0.4, -0.2) is 16.5 Å². The molecule has 0 bridgehead atoms. The average Bonchev–Trinajstić information content (AvgIpc) is 2.38. The van der Waals surface area contributed by atoms with Gasteiger partial charge in [0.05, 0.1) is 0 Å². The van der Waals surface area contributed by atoms with E-state index in [1.54, 1.807) is 0 Å². The van der Waals surface area contributed by atoms with Gasteiger partial charge in [-0.15, -0.1) is 0 Å². The number of aromatic nitrogens is 2. The highest BCUT2D eigenvalue weighted by molar-refractivity contribution is 9.10. The molecule has 2 rings (SSSR count). The van der Waals surface area contributed by atoms with E-state index in [2.05, 4.69) is 62.5 Å². The summed E-state index contributed by atoms with van der Waals surface area (Å²) in [7, 11) is 0. The van der Waals surface area contributed by atoms with Crippen LogP contribution >= 0.6 is 15.9 Å². The van der Waals surface area contributed by atoms with Crippen molar-refractivity contribution in [3.8, 4) is 0 Å². The van der Waals surface area contributed by atoms with Crippen molar-refractivity contribution < 1.29 is 0 Å². The molecule has 4 nitrogen and oxygen atoms in total. The standard InChI is InChI=1S/C15H19BrN4/c1-4-17-14-9-15(20-11(3)19-14)18-10(2)12-6-5-7-13(16)8-12/h5-10H,4H2,1-3H3,(H2,17,18,19,20). The Labute approximate surface area is 128 Å². The van der Waals surface area contributed by atoms with Gasteiger partial charge in [-0.1, -0.05) is 28.1 Å². The summed E-state index contributed by atoms with van der Waals surface area (Å²) in [5.41, 5.74) is 1.21. The smallest absolute Gasteiger partial charge is 0.132 e. The number of benzene rings is 1. The van der Waals surface area contributed by atoms with Crippen LogP contribution in [0.2, 0.25) is 0 Å². The zero-order valence-electron chi connectivity index (χ0n) is 11.9. The number of nitrogens with one attached hydrogen (secondary N) is 2. The molecule has 0 amide bonds. The van der Waals surface area contributed by atoms with Crippen molar-refractivity contribution in [3.63, 3.8) is 0 Å². The summed E-state index contributed by atoms with van der Waals surface area (Å²) >= 11 is 3.50. The molecule has 2 aromatic rings. The van der Waals surface area contributed by atoms with E-state index in [0.29, 0.717) is 0 Å². The Bertz CT molecular complexity index is 586. The van der Waals surface area contributed by atoms with Gasteiger partial charge < -0.3 is 10.6 Å². The summed E-state index contributed by atoms with van der Waals surface area (Å²) in [6.07, 6.45) is 0. The van der Waals surface area contributed by atoms with Crippen LogP contribution in [-0.2, 0) is 0 Å². The van der Waals surface area contributed by atoms with Crippen LogP contribution in [0.25, 0.3) is 0 Å². The predicted molar refractivity (Wildman–Crippen MR) is 87.1 cm³/mol. The molecule has 0 radical (unpaired) electrons. The van der Waals surface area contributed by atoms with Crippen LogP contribution in [0, 0.1) is 6.92 Å². The van der Waals surface area contributed by atoms with Gasteiger partial charge >= 0.3 is 0 Å². The summed E-state index contributed by atoms with van der Waals surface area (Å²) in [5, 5.41) is 6.63. The Balaban J connectivity index is 2.16. The van der Waals surface area contributed by atoms with Crippen LogP contribution in [0.5, 0.6) is 0 Å². The van der Waals surface area contributed by atoms with E-state index < -0.39 is 0 Å². The second kappa shape index (κ2) is 6.70. The SMILES string of the molecule is CCNc1cc(NC(C)c2cccc(Br)c2)nc(C)n1. The number of aryl methyl sites for hydroxylation is 1. The minimum atomic E-state index is 0.177. The van der Waals surface area contributed by atoms with Gasteiger partial charge in [0.2, 0.25) is 0 Å². The fourth-order valence-electron chi connectivity index (χ4n) is 1.99. The second-order valence-corrected chi connectivity index (χ2v) is 5.55. The van der Waals surface area contributed by atoms with Gasteiger partial charge in [0.1, 0.15) is 17.5 Å². The molecule has 20 heavy (non-hydrogen) atoms. The maximum absolute atomic E-state index is 4.43. The summed E-state index contributed by atoms with van der Waals surface area (Å²) < 4.78 is 1.08. The van der Waals surface area contributed by atoms with E-state index in [9.17, 15) is 0 Å². The van der Waals surface area contributed by atoms with Crippen molar-refractivity contribution in [2.75, 3.05) is 17.2 Å². The molecule has 1 unspecified atom stereocenters. The highest BCUT2D eigenvalue weighted by Gasteiger charge is 2.08. The Hall–Kier alpha value is -1.62. The Morgan fingerprint density at radius 1 is 1.20 bits per heavy atom. The molecule has 0 saturated heterocycles. The van der Waals surface area contributed by atoms with Crippen molar-refractivity contribution in [1.29, 1.82) is 0 Å². The molecule has 0 aliphatic rings. The molecule has 1 atom stereocenters. The van der Waals surface area contributed by atoms with Crippen LogP contribution in [0.3, 0.4) is 0 Å². The fourth-order valence-corrected chi connectivity index (χ4v) is 2.41. The summed E-state index contributed by atoms with van der Waals surface area (Å²) in [5.74, 6) is 2.44. The maximum atomic E-state index is 4.43. The third-order valence-electron chi connectivity index (χ3n) is 2.91. The minimum Gasteiger partial charge on any atom is -0.370 e. The molecule has 106 valence electrons. The van der Waals surface area contributed by atoms with Crippen molar-refractivity contribution in [1.82, 2.24) is 9.97 Å². The molecule has 1 aromatic heterocycles. The largest absolute Gasteiger partial charge is 0.370 e. The molecule has 5 heteroatoms. The molecule has 0 spiro atoms. The minimum absolute atomic E-state index is 0.177. The number of hydrogen-bond donors (Lipinski definition) is 2. The number of anilines is 2. The molecule has 0 saturated carbocycles. The van der Waals surface area contributed by atoms with Gasteiger partial charge in [0, 0.05) is 23.1 Å².